The predicted octanol–water partition coefficient (Wildman–Crippen LogP) is 4.43. The topological polar surface area (TPSA) is 109 Å². The van der Waals surface area contributed by atoms with Crippen molar-refractivity contribution in [3.63, 3.8) is 0 Å². The maximum absolute atomic E-state index is 14.7. The summed E-state index contributed by atoms with van der Waals surface area (Å²) in [6.07, 6.45) is 2.29. The van der Waals surface area contributed by atoms with Gasteiger partial charge in [0.25, 0.3) is 11.6 Å². The van der Waals surface area contributed by atoms with Crippen LogP contribution in [0.2, 0.25) is 0 Å². The fourth-order valence-electron chi connectivity index (χ4n) is 6.24. The minimum absolute atomic E-state index is 0.0729. The third-order valence-electron chi connectivity index (χ3n) is 7.93. The number of hydrogen-bond donors (Lipinski definition) is 1. The van der Waals surface area contributed by atoms with Crippen LogP contribution in [0, 0.1) is 10.1 Å². The van der Waals surface area contributed by atoms with Gasteiger partial charge < -0.3 is 9.73 Å². The summed E-state index contributed by atoms with van der Waals surface area (Å²) in [4.78, 5) is 43.5. The molecule has 0 radical (unpaired) electrons. The SMILES string of the molecule is CCc1ccc2c(c1)[C@@]1(C(=O)N2)N(C)C[C@@H](c2cccc([N+](=O)[O-])c2)[C@]12SC(=S)N(Cc1ccco1)C2=O. The van der Waals surface area contributed by atoms with Crippen LogP contribution >= 0.6 is 24.0 Å². The van der Waals surface area contributed by atoms with E-state index in [2.05, 4.69) is 5.32 Å². The van der Waals surface area contributed by atoms with Crippen molar-refractivity contribution in [3.05, 3.63) is 93.4 Å². The summed E-state index contributed by atoms with van der Waals surface area (Å²) in [5.41, 5.74) is 1.57. The van der Waals surface area contributed by atoms with E-state index < -0.39 is 21.1 Å². The number of nitro groups is 1. The zero-order valence-electron chi connectivity index (χ0n) is 20.7. The Hall–Kier alpha value is -3.54. The lowest BCUT2D eigenvalue weighted by Crippen LogP contribution is -2.61. The number of aryl methyl sites for hydroxylation is 1. The van der Waals surface area contributed by atoms with Gasteiger partial charge in [-0.1, -0.05) is 55.2 Å². The first-order chi connectivity index (χ1) is 18.2. The minimum atomic E-state index is -1.40. The normalized spacial score (nSPS) is 26.5. The number of furan rings is 1. The second-order valence-corrected chi connectivity index (χ2v) is 11.6. The van der Waals surface area contributed by atoms with Crippen LogP contribution in [0.5, 0.6) is 0 Å². The van der Waals surface area contributed by atoms with Crippen LogP contribution in [-0.2, 0) is 28.1 Å². The van der Waals surface area contributed by atoms with Crippen molar-refractivity contribution in [2.75, 3.05) is 18.9 Å². The molecule has 2 fully saturated rings. The molecule has 3 atom stereocenters. The molecule has 0 bridgehead atoms. The number of nitro benzene ring substituents is 1. The molecule has 3 aliphatic rings. The number of hydrogen-bond acceptors (Lipinski definition) is 8. The number of benzene rings is 2. The van der Waals surface area contributed by atoms with Crippen LogP contribution in [0.15, 0.2) is 65.3 Å². The van der Waals surface area contributed by atoms with E-state index in [4.69, 9.17) is 16.6 Å². The highest BCUT2D eigenvalue weighted by Gasteiger charge is 2.77. The Bertz CT molecular complexity index is 1510. The molecule has 1 N–H and O–H groups in total. The molecule has 9 nitrogen and oxygen atoms in total. The maximum Gasteiger partial charge on any atom is 0.269 e. The zero-order valence-corrected chi connectivity index (χ0v) is 22.3. The first kappa shape index (κ1) is 24.8. The van der Waals surface area contributed by atoms with E-state index in [1.165, 1.54) is 35.1 Å². The second kappa shape index (κ2) is 8.75. The Balaban J connectivity index is 1.60. The number of rotatable bonds is 5. The number of fused-ring (bicyclic) bond motifs is 3. The number of carbonyl (C=O) groups is 2. The summed E-state index contributed by atoms with van der Waals surface area (Å²) in [6, 6.07) is 15.7. The number of likely N-dealkylation sites (N-methyl/N-ethyl adjacent to an activating group) is 1. The number of likely N-dealkylation sites (tertiary alicyclic amines) is 1. The summed E-state index contributed by atoms with van der Waals surface area (Å²) in [6.45, 7) is 2.49. The van der Waals surface area contributed by atoms with Gasteiger partial charge in [0.15, 0.2) is 5.54 Å². The van der Waals surface area contributed by atoms with E-state index in [9.17, 15) is 19.7 Å². The lowest BCUT2D eigenvalue weighted by Gasteiger charge is -2.41. The second-order valence-electron chi connectivity index (χ2n) is 9.76. The molecule has 3 aromatic rings. The Morgan fingerprint density at radius 1 is 1.21 bits per heavy atom. The summed E-state index contributed by atoms with van der Waals surface area (Å²) < 4.78 is 4.45. The van der Waals surface area contributed by atoms with E-state index in [0.29, 0.717) is 27.9 Å². The molecule has 6 rings (SSSR count). The van der Waals surface area contributed by atoms with Crippen molar-refractivity contribution in [1.82, 2.24) is 9.80 Å². The molecule has 2 saturated heterocycles. The molecule has 3 aliphatic heterocycles. The maximum atomic E-state index is 14.7. The van der Waals surface area contributed by atoms with Gasteiger partial charge in [-0.2, -0.15) is 0 Å². The molecule has 11 heteroatoms. The van der Waals surface area contributed by atoms with Crippen LogP contribution in [0.3, 0.4) is 0 Å². The number of carbonyl (C=O) groups excluding carboxylic acids is 2. The number of nitrogens with one attached hydrogen (secondary N) is 1. The highest BCUT2D eigenvalue weighted by atomic mass is 32.2. The Kier molecular flexibility index (Phi) is 5.71. The van der Waals surface area contributed by atoms with Crippen molar-refractivity contribution < 1.29 is 18.9 Å². The molecule has 194 valence electrons. The predicted molar refractivity (Wildman–Crippen MR) is 147 cm³/mol. The monoisotopic (exact) mass is 548 g/mol. The van der Waals surface area contributed by atoms with Crippen molar-refractivity contribution in [3.8, 4) is 0 Å². The third kappa shape index (κ3) is 3.18. The third-order valence-corrected chi connectivity index (χ3v) is 9.87. The van der Waals surface area contributed by atoms with Gasteiger partial charge in [-0.25, -0.2) is 0 Å². The van der Waals surface area contributed by atoms with Crippen molar-refractivity contribution in [2.24, 2.45) is 0 Å². The lowest BCUT2D eigenvalue weighted by atomic mass is 9.71. The highest BCUT2D eigenvalue weighted by Crippen LogP contribution is 2.66. The largest absolute Gasteiger partial charge is 0.467 e. The van der Waals surface area contributed by atoms with E-state index in [-0.39, 0.29) is 24.0 Å². The molecule has 1 aromatic heterocycles. The van der Waals surface area contributed by atoms with Crippen LogP contribution in [-0.4, -0.2) is 49.2 Å². The van der Waals surface area contributed by atoms with E-state index in [0.717, 1.165) is 17.5 Å². The van der Waals surface area contributed by atoms with Gasteiger partial charge >= 0.3 is 0 Å². The molecule has 0 aliphatic carbocycles. The Morgan fingerprint density at radius 3 is 2.74 bits per heavy atom. The lowest BCUT2D eigenvalue weighted by molar-refractivity contribution is -0.384. The van der Waals surface area contributed by atoms with Crippen LogP contribution in [0.1, 0.15) is 35.3 Å². The number of thioether (sulfide) groups is 1. The number of anilines is 1. The summed E-state index contributed by atoms with van der Waals surface area (Å²) in [5.74, 6) is -0.615. The van der Waals surface area contributed by atoms with Gasteiger partial charge in [-0.3, -0.25) is 29.5 Å². The standard InChI is InChI=1S/C27H24N4O5S2/c1-3-16-9-10-22-20(12-16)26(23(32)28-22)27(24(33)30(25(37)38-27)14-19-8-5-11-36-19)21(15-29(26)2)17-6-4-7-18(13-17)31(34)35/h4-13,21H,3,14-15H2,1-2H3,(H,28,32)/t21-,26-,27+/m0/s1. The smallest absolute Gasteiger partial charge is 0.269 e. The van der Waals surface area contributed by atoms with Crippen LogP contribution in [0.4, 0.5) is 11.4 Å². The van der Waals surface area contributed by atoms with Crippen molar-refractivity contribution in [2.45, 2.75) is 36.1 Å². The van der Waals surface area contributed by atoms with Crippen LogP contribution < -0.4 is 5.32 Å². The summed E-state index contributed by atoms with van der Waals surface area (Å²) >= 11 is 6.99. The average Bonchev–Trinajstić information content (AvgIpc) is 3.64. The summed E-state index contributed by atoms with van der Waals surface area (Å²) in [7, 11) is 1.83. The van der Waals surface area contributed by atoms with Crippen molar-refractivity contribution >= 4 is 51.5 Å². The molecule has 2 aromatic carbocycles. The van der Waals surface area contributed by atoms with E-state index in [1.807, 2.05) is 37.1 Å². The summed E-state index contributed by atoms with van der Waals surface area (Å²) in [5, 5.41) is 14.7. The van der Waals surface area contributed by atoms with Crippen molar-refractivity contribution in [1.29, 1.82) is 0 Å². The fraction of sp³-hybridized carbons (Fsp3) is 0.296. The van der Waals surface area contributed by atoms with E-state index >= 15 is 0 Å². The van der Waals surface area contributed by atoms with Gasteiger partial charge in [-0.05, 0) is 42.8 Å². The number of non-ortho nitro benzene ring substituents is 1. The fourth-order valence-corrected chi connectivity index (χ4v) is 8.37. The van der Waals surface area contributed by atoms with Crippen LogP contribution in [0.25, 0.3) is 0 Å². The molecule has 2 spiro atoms. The molecule has 4 heterocycles. The highest BCUT2D eigenvalue weighted by molar-refractivity contribution is 8.25. The van der Waals surface area contributed by atoms with Gasteiger partial charge in [-0.15, -0.1) is 0 Å². The quantitative estimate of drug-likeness (QED) is 0.284. The minimum Gasteiger partial charge on any atom is -0.467 e. The number of nitrogens with zero attached hydrogens (tertiary/aromatic N) is 3. The zero-order chi connectivity index (χ0) is 26.8. The van der Waals surface area contributed by atoms with Gasteiger partial charge in [0.1, 0.15) is 14.8 Å². The van der Waals surface area contributed by atoms with Gasteiger partial charge in [0, 0.05) is 35.8 Å². The molecule has 0 saturated carbocycles. The Morgan fingerprint density at radius 2 is 2.03 bits per heavy atom. The molecule has 2 amide bonds. The molecular weight excluding hydrogens is 524 g/mol. The number of thiocarbonyl (C=S) groups is 1. The average molecular weight is 549 g/mol. The molecule has 38 heavy (non-hydrogen) atoms. The Labute approximate surface area is 228 Å². The van der Waals surface area contributed by atoms with Gasteiger partial charge in [0.05, 0.1) is 17.7 Å². The molecular formula is C27H24N4O5S2. The first-order valence-corrected chi connectivity index (χ1v) is 13.4. The number of amides is 2. The van der Waals surface area contributed by atoms with Gasteiger partial charge in [0.2, 0.25) is 5.91 Å². The molecule has 0 unspecified atom stereocenters. The van der Waals surface area contributed by atoms with E-state index in [1.54, 1.807) is 24.3 Å². The first-order valence-electron chi connectivity index (χ1n) is 12.2.